The van der Waals surface area contributed by atoms with Crippen molar-refractivity contribution in [2.75, 3.05) is 32.8 Å². The molecule has 19 heteroatoms. The summed E-state index contributed by atoms with van der Waals surface area (Å²) in [5.74, 6) is -3.69. The number of unbranched alkanes of at least 4 members (excludes halogenated alkanes) is 4. The van der Waals surface area contributed by atoms with Crippen molar-refractivity contribution in [2.24, 2.45) is 11.5 Å². The van der Waals surface area contributed by atoms with E-state index < -0.39 is 89.7 Å². The second-order valence-corrected chi connectivity index (χ2v) is 19.1. The van der Waals surface area contributed by atoms with E-state index in [4.69, 9.17) is 16.2 Å². The predicted molar refractivity (Wildman–Crippen MR) is 267 cm³/mol. The average Bonchev–Trinajstić information content (AvgIpc) is 4.02. The first-order valence-electron chi connectivity index (χ1n) is 25.4. The van der Waals surface area contributed by atoms with Gasteiger partial charge in [0.2, 0.25) is 35.4 Å². The van der Waals surface area contributed by atoms with Gasteiger partial charge in [-0.3, -0.25) is 33.6 Å². The zero-order valence-corrected chi connectivity index (χ0v) is 41.0. The second kappa shape index (κ2) is 26.2. The van der Waals surface area contributed by atoms with Gasteiger partial charge in [-0.15, -0.1) is 0 Å². The van der Waals surface area contributed by atoms with E-state index in [1.54, 1.807) is 30.3 Å². The molecule has 0 saturated carbocycles. The minimum atomic E-state index is -1.53. The molecule has 0 spiro atoms. The number of carbonyl (C=O) groups is 7. The molecule has 19 nitrogen and oxygen atoms in total. The SMILES string of the molecule is CCCCCCCOc1ccc2cc(C(=O)N[C@H]3CCCNC(=O)[C@@H]4C[C@H](N)CN4C(=O)[C@H](CCCN)NC(=O)[C@H](CCc4ccc(O)cc4)NC(=O)[C@@H]4CCCN4C(=O)[C@H]([C@@H](C)O)NC3=O)ccc2c1. The molecule has 3 aromatic rings. The monoisotopic (exact) mass is 984 g/mol. The summed E-state index contributed by atoms with van der Waals surface area (Å²) < 4.78 is 5.98. The van der Waals surface area contributed by atoms with Gasteiger partial charge >= 0.3 is 0 Å². The maximum Gasteiger partial charge on any atom is 0.251 e. The molecule has 3 aliphatic rings. The van der Waals surface area contributed by atoms with Crippen LogP contribution in [0.25, 0.3) is 10.8 Å². The lowest BCUT2D eigenvalue weighted by Crippen LogP contribution is -2.61. The number of rotatable bonds is 16. The largest absolute Gasteiger partial charge is 0.508 e. The number of nitrogens with zero attached hydrogens (tertiary/aromatic N) is 2. The topological polar surface area (TPSA) is 288 Å². The first kappa shape index (κ1) is 54.0. The predicted octanol–water partition coefficient (Wildman–Crippen LogP) is 2.03. The summed E-state index contributed by atoms with van der Waals surface area (Å²) in [5, 5.41) is 36.5. The average molecular weight is 984 g/mol. The molecule has 0 bridgehead atoms. The van der Waals surface area contributed by atoms with E-state index in [0.29, 0.717) is 19.4 Å². The van der Waals surface area contributed by atoms with Crippen molar-refractivity contribution in [1.29, 1.82) is 0 Å². The number of amides is 7. The number of ether oxygens (including phenoxy) is 1. The molecule has 3 saturated heterocycles. The number of fused-ring (bicyclic) bond motifs is 3. The molecule has 0 unspecified atom stereocenters. The molecule has 7 amide bonds. The van der Waals surface area contributed by atoms with Gasteiger partial charge in [0.05, 0.1) is 12.7 Å². The Bertz CT molecular complexity index is 2330. The quantitative estimate of drug-likeness (QED) is 0.0933. The number of nitrogens with one attached hydrogen (secondary N) is 5. The fourth-order valence-corrected chi connectivity index (χ4v) is 9.54. The summed E-state index contributed by atoms with van der Waals surface area (Å²) in [6, 6.07) is 9.39. The van der Waals surface area contributed by atoms with Crippen LogP contribution >= 0.6 is 0 Å². The maximum absolute atomic E-state index is 14.4. The summed E-state index contributed by atoms with van der Waals surface area (Å²) in [7, 11) is 0. The normalized spacial score (nSPS) is 24.5. The summed E-state index contributed by atoms with van der Waals surface area (Å²) in [6.07, 6.45) is 5.92. The van der Waals surface area contributed by atoms with E-state index in [2.05, 4.69) is 33.5 Å². The highest BCUT2D eigenvalue weighted by Crippen LogP contribution is 2.25. The van der Waals surface area contributed by atoms with Crippen molar-refractivity contribution in [3.05, 3.63) is 71.8 Å². The Morgan fingerprint density at radius 3 is 2.27 bits per heavy atom. The number of aromatic hydroxyl groups is 1. The van der Waals surface area contributed by atoms with Crippen LogP contribution in [0.1, 0.15) is 113 Å². The molecule has 3 aromatic carbocycles. The van der Waals surface area contributed by atoms with Crippen molar-refractivity contribution >= 4 is 52.1 Å². The van der Waals surface area contributed by atoms with Crippen LogP contribution in [-0.4, -0.2) is 143 Å². The van der Waals surface area contributed by atoms with Gasteiger partial charge < -0.3 is 62.8 Å². The fraction of sp³-hybridized carbons (Fsp3) is 0.558. The number of hydrogen-bond donors (Lipinski definition) is 9. The molecule has 0 aliphatic carbocycles. The molecule has 8 atom stereocenters. The Balaban J connectivity index is 1.26. The maximum atomic E-state index is 14.4. The van der Waals surface area contributed by atoms with E-state index in [9.17, 15) is 43.8 Å². The van der Waals surface area contributed by atoms with Gasteiger partial charge in [0.15, 0.2) is 0 Å². The van der Waals surface area contributed by atoms with Crippen molar-refractivity contribution in [1.82, 2.24) is 36.4 Å². The molecular weight excluding hydrogens is 911 g/mol. The van der Waals surface area contributed by atoms with Crippen LogP contribution < -0.4 is 42.8 Å². The third-order valence-corrected chi connectivity index (χ3v) is 13.6. The summed E-state index contributed by atoms with van der Waals surface area (Å²) in [6.45, 7) is 4.51. The van der Waals surface area contributed by atoms with Crippen molar-refractivity contribution in [3.63, 3.8) is 0 Å². The highest BCUT2D eigenvalue weighted by atomic mass is 16.5. The fourth-order valence-electron chi connectivity index (χ4n) is 9.54. The summed E-state index contributed by atoms with van der Waals surface area (Å²) >= 11 is 0. The second-order valence-electron chi connectivity index (χ2n) is 19.1. The zero-order valence-electron chi connectivity index (χ0n) is 41.0. The number of phenolic OH excluding ortho intramolecular Hbond substituents is 1. The van der Waals surface area contributed by atoms with Gasteiger partial charge in [-0.1, -0.05) is 56.9 Å². The molecule has 6 rings (SSSR count). The molecule has 71 heavy (non-hydrogen) atoms. The number of nitrogens with two attached hydrogens (primary N) is 2. The van der Waals surface area contributed by atoms with E-state index in [-0.39, 0.29) is 82.4 Å². The Morgan fingerprint density at radius 2 is 1.52 bits per heavy atom. The molecule has 0 aromatic heterocycles. The molecular formula is C52H73N9O10. The smallest absolute Gasteiger partial charge is 0.251 e. The minimum Gasteiger partial charge on any atom is -0.508 e. The number of phenols is 1. The highest BCUT2D eigenvalue weighted by molar-refractivity contribution is 6.02. The van der Waals surface area contributed by atoms with Crippen molar-refractivity contribution in [3.8, 4) is 11.5 Å². The number of aliphatic hydroxyl groups is 1. The van der Waals surface area contributed by atoms with Crippen LogP contribution in [0.15, 0.2) is 60.7 Å². The zero-order chi connectivity index (χ0) is 51.0. The van der Waals surface area contributed by atoms with Gasteiger partial charge in [-0.2, -0.15) is 0 Å². The van der Waals surface area contributed by atoms with Gasteiger partial charge in [0.1, 0.15) is 47.8 Å². The molecule has 0 radical (unpaired) electrons. The standard InChI is InChI=1S/C52H73N9O10/c1-3-4-5-6-7-27-71-39-22-19-34-28-36(18-17-35(34)29-39)46(64)56-40-12-9-25-55-49(67)44-30-37(54)31-61(44)51(69)42(11-8-24-53)58-47(65)41(23-16-33-14-20-38(63)21-15-33)57-50(68)43-13-10-26-60(43)52(70)45(32(2)62)59-48(40)66/h14-15,17-22,28-29,32,37,40-45,62-63H,3-13,16,23-27,30-31,53-54H2,1-2H3,(H,55,67)(H,56,64)(H,57,68)(H,58,65)(H,59,66)/t32-,37+,40+,41+,42+,43+,44+,45+/m1/s1. The Morgan fingerprint density at radius 1 is 0.789 bits per heavy atom. The Hall–Kier alpha value is -6.31. The number of hydrogen-bond acceptors (Lipinski definition) is 12. The Labute approximate surface area is 415 Å². The third-order valence-electron chi connectivity index (χ3n) is 13.6. The van der Waals surface area contributed by atoms with Crippen LogP contribution in [-0.2, 0) is 35.2 Å². The highest BCUT2D eigenvalue weighted by Gasteiger charge is 2.43. The summed E-state index contributed by atoms with van der Waals surface area (Å²) in [5.41, 5.74) is 13.2. The lowest BCUT2D eigenvalue weighted by molar-refractivity contribution is -0.144. The molecule has 386 valence electrons. The lowest BCUT2D eigenvalue weighted by Gasteiger charge is -2.32. The molecule has 11 N–H and O–H groups in total. The minimum absolute atomic E-state index is 0.00834. The number of benzene rings is 3. The van der Waals surface area contributed by atoms with E-state index in [1.165, 1.54) is 48.1 Å². The first-order chi connectivity index (χ1) is 34.2. The van der Waals surface area contributed by atoms with Crippen LogP contribution in [0, 0.1) is 0 Å². The first-order valence-corrected chi connectivity index (χ1v) is 25.4. The van der Waals surface area contributed by atoms with Crippen molar-refractivity contribution < 1.29 is 48.5 Å². The van der Waals surface area contributed by atoms with Gasteiger partial charge in [0, 0.05) is 31.2 Å². The lowest BCUT2D eigenvalue weighted by atomic mass is 10.0. The number of aliphatic hydroxyl groups excluding tert-OH is 1. The van der Waals surface area contributed by atoms with Crippen LogP contribution in [0.4, 0.5) is 0 Å². The molecule has 3 heterocycles. The number of carbonyl (C=O) groups excluding carboxylic acids is 7. The van der Waals surface area contributed by atoms with E-state index in [0.717, 1.165) is 34.9 Å². The summed E-state index contributed by atoms with van der Waals surface area (Å²) in [4.78, 5) is 102. The van der Waals surface area contributed by atoms with Crippen LogP contribution in [0.3, 0.4) is 0 Å². The van der Waals surface area contributed by atoms with E-state index in [1.807, 2.05) is 18.2 Å². The molecule has 3 fully saturated rings. The molecule has 3 aliphatic heterocycles. The van der Waals surface area contributed by atoms with Crippen LogP contribution in [0.5, 0.6) is 11.5 Å². The van der Waals surface area contributed by atoms with Gasteiger partial charge in [-0.05, 0) is 130 Å². The Kier molecular flexibility index (Phi) is 20.0. The van der Waals surface area contributed by atoms with Gasteiger partial charge in [-0.25, -0.2) is 0 Å². The van der Waals surface area contributed by atoms with Gasteiger partial charge in [0.25, 0.3) is 5.91 Å². The van der Waals surface area contributed by atoms with Crippen LogP contribution in [0.2, 0.25) is 0 Å². The number of aryl methyl sites for hydroxylation is 1. The van der Waals surface area contributed by atoms with Crippen molar-refractivity contribution in [2.45, 2.75) is 152 Å². The van der Waals surface area contributed by atoms with E-state index >= 15 is 0 Å². The third kappa shape index (κ3) is 14.9.